The van der Waals surface area contributed by atoms with Crippen LogP contribution in [0.1, 0.15) is 37.8 Å². The van der Waals surface area contributed by atoms with Crippen molar-refractivity contribution in [1.82, 2.24) is 4.98 Å². The molecule has 2 saturated heterocycles. The van der Waals surface area contributed by atoms with Gasteiger partial charge in [-0.25, -0.2) is 0 Å². The van der Waals surface area contributed by atoms with Crippen LogP contribution in [0.4, 0.5) is 5.69 Å². The SMILES string of the molecule is Cc1cc(N2CCC(OCC3CCCCO3)CC2)ccn1. The van der Waals surface area contributed by atoms with E-state index < -0.39 is 0 Å². The van der Waals surface area contributed by atoms with Gasteiger partial charge in [-0.05, 0) is 51.2 Å². The number of nitrogens with zero attached hydrogens (tertiary/aromatic N) is 2. The summed E-state index contributed by atoms with van der Waals surface area (Å²) in [4.78, 5) is 6.70. The molecule has 0 N–H and O–H groups in total. The third-order valence-electron chi connectivity index (χ3n) is 4.48. The number of anilines is 1. The van der Waals surface area contributed by atoms with E-state index in [1.807, 2.05) is 13.1 Å². The maximum absolute atomic E-state index is 6.07. The Morgan fingerprint density at radius 3 is 2.86 bits per heavy atom. The molecule has 0 saturated carbocycles. The average Bonchev–Trinajstić information content (AvgIpc) is 2.54. The smallest absolute Gasteiger partial charge is 0.0808 e. The maximum Gasteiger partial charge on any atom is 0.0808 e. The van der Waals surface area contributed by atoms with Crippen LogP contribution < -0.4 is 4.90 Å². The molecule has 1 aromatic heterocycles. The quantitative estimate of drug-likeness (QED) is 0.854. The molecule has 0 spiro atoms. The standard InChI is InChI=1S/C17H26N2O2/c1-14-12-15(5-8-18-14)19-9-6-16(7-10-19)21-13-17-4-2-3-11-20-17/h5,8,12,16-17H,2-4,6-7,9-11,13H2,1H3. The van der Waals surface area contributed by atoms with E-state index in [9.17, 15) is 0 Å². The van der Waals surface area contributed by atoms with Crippen LogP contribution in [0, 0.1) is 6.92 Å². The first-order chi connectivity index (χ1) is 10.3. The molecule has 1 aromatic rings. The predicted octanol–water partition coefficient (Wildman–Crippen LogP) is 2.94. The number of aryl methyl sites for hydroxylation is 1. The summed E-state index contributed by atoms with van der Waals surface area (Å²) in [6.07, 6.45) is 8.49. The van der Waals surface area contributed by atoms with E-state index in [1.165, 1.54) is 18.5 Å². The third-order valence-corrected chi connectivity index (χ3v) is 4.48. The summed E-state index contributed by atoms with van der Waals surface area (Å²) in [5.74, 6) is 0. The van der Waals surface area contributed by atoms with Crippen LogP contribution in [0.25, 0.3) is 0 Å². The number of piperidine rings is 1. The van der Waals surface area contributed by atoms with E-state index in [2.05, 4.69) is 22.0 Å². The number of aromatic nitrogens is 1. The normalized spacial score (nSPS) is 24.2. The summed E-state index contributed by atoms with van der Waals surface area (Å²) in [6, 6.07) is 4.26. The van der Waals surface area contributed by atoms with E-state index in [0.29, 0.717) is 12.2 Å². The Balaban J connectivity index is 1.42. The Morgan fingerprint density at radius 1 is 1.29 bits per heavy atom. The van der Waals surface area contributed by atoms with Gasteiger partial charge in [-0.3, -0.25) is 4.98 Å². The lowest BCUT2D eigenvalue weighted by Gasteiger charge is -2.34. The van der Waals surface area contributed by atoms with Gasteiger partial charge in [-0.1, -0.05) is 0 Å². The number of hydrogen-bond acceptors (Lipinski definition) is 4. The van der Waals surface area contributed by atoms with Crippen LogP contribution in [0.5, 0.6) is 0 Å². The molecular weight excluding hydrogens is 264 g/mol. The highest BCUT2D eigenvalue weighted by Crippen LogP contribution is 2.22. The van der Waals surface area contributed by atoms with Gasteiger partial charge in [0.05, 0.1) is 18.8 Å². The fourth-order valence-corrected chi connectivity index (χ4v) is 3.19. The molecule has 116 valence electrons. The lowest BCUT2D eigenvalue weighted by Crippen LogP contribution is -2.38. The molecule has 0 bridgehead atoms. The van der Waals surface area contributed by atoms with E-state index in [0.717, 1.165) is 51.3 Å². The molecule has 0 aliphatic carbocycles. The van der Waals surface area contributed by atoms with Crippen molar-refractivity contribution in [2.45, 2.75) is 51.2 Å². The molecule has 0 amide bonds. The van der Waals surface area contributed by atoms with Crippen molar-refractivity contribution in [3.63, 3.8) is 0 Å². The van der Waals surface area contributed by atoms with E-state index in [4.69, 9.17) is 9.47 Å². The van der Waals surface area contributed by atoms with Crippen LogP contribution in [-0.2, 0) is 9.47 Å². The zero-order valence-electron chi connectivity index (χ0n) is 13.0. The lowest BCUT2D eigenvalue weighted by atomic mass is 10.1. The van der Waals surface area contributed by atoms with Crippen molar-refractivity contribution < 1.29 is 9.47 Å². The molecule has 2 aliphatic heterocycles. The zero-order valence-corrected chi connectivity index (χ0v) is 13.0. The molecule has 1 unspecified atom stereocenters. The van der Waals surface area contributed by atoms with Crippen molar-refractivity contribution in [2.24, 2.45) is 0 Å². The van der Waals surface area contributed by atoms with Gasteiger partial charge < -0.3 is 14.4 Å². The summed E-state index contributed by atoms with van der Waals surface area (Å²) in [6.45, 7) is 5.87. The highest BCUT2D eigenvalue weighted by Gasteiger charge is 2.22. The summed E-state index contributed by atoms with van der Waals surface area (Å²) >= 11 is 0. The van der Waals surface area contributed by atoms with Crippen molar-refractivity contribution in [2.75, 3.05) is 31.2 Å². The minimum atomic E-state index is 0.333. The number of ether oxygens (including phenoxy) is 2. The molecule has 3 heterocycles. The molecule has 0 aromatic carbocycles. The van der Waals surface area contributed by atoms with Gasteiger partial charge in [-0.2, -0.15) is 0 Å². The van der Waals surface area contributed by atoms with Crippen molar-refractivity contribution in [3.8, 4) is 0 Å². The largest absolute Gasteiger partial charge is 0.376 e. The molecule has 2 fully saturated rings. The van der Waals surface area contributed by atoms with Gasteiger partial charge in [-0.15, -0.1) is 0 Å². The monoisotopic (exact) mass is 290 g/mol. The van der Waals surface area contributed by atoms with Crippen molar-refractivity contribution in [1.29, 1.82) is 0 Å². The van der Waals surface area contributed by atoms with E-state index >= 15 is 0 Å². The van der Waals surface area contributed by atoms with Crippen LogP contribution in [0.3, 0.4) is 0 Å². The highest BCUT2D eigenvalue weighted by molar-refractivity contribution is 5.46. The molecule has 1 atom stereocenters. The van der Waals surface area contributed by atoms with E-state index in [-0.39, 0.29) is 0 Å². The molecule has 4 nitrogen and oxygen atoms in total. The molecule has 2 aliphatic rings. The second kappa shape index (κ2) is 7.23. The first kappa shape index (κ1) is 14.8. The van der Waals surface area contributed by atoms with Crippen molar-refractivity contribution >= 4 is 5.69 Å². The summed E-state index contributed by atoms with van der Waals surface area (Å²) in [5, 5.41) is 0. The third kappa shape index (κ3) is 4.17. The first-order valence-electron chi connectivity index (χ1n) is 8.22. The molecule has 21 heavy (non-hydrogen) atoms. The van der Waals surface area contributed by atoms with Gasteiger partial charge >= 0.3 is 0 Å². The van der Waals surface area contributed by atoms with Gasteiger partial charge in [0.1, 0.15) is 0 Å². The Labute approximate surface area is 127 Å². The van der Waals surface area contributed by atoms with Crippen molar-refractivity contribution in [3.05, 3.63) is 24.0 Å². The van der Waals surface area contributed by atoms with Crippen LogP contribution >= 0.6 is 0 Å². The summed E-state index contributed by atoms with van der Waals surface area (Å²) in [5.41, 5.74) is 2.37. The van der Waals surface area contributed by atoms with Gasteiger partial charge in [0.25, 0.3) is 0 Å². The summed E-state index contributed by atoms with van der Waals surface area (Å²) < 4.78 is 11.8. The van der Waals surface area contributed by atoms with Gasteiger partial charge in [0.15, 0.2) is 0 Å². The second-order valence-electron chi connectivity index (χ2n) is 6.16. The second-order valence-corrected chi connectivity index (χ2v) is 6.16. The fourth-order valence-electron chi connectivity index (χ4n) is 3.19. The average molecular weight is 290 g/mol. The minimum Gasteiger partial charge on any atom is -0.376 e. The Hall–Kier alpha value is -1.13. The number of pyridine rings is 1. The van der Waals surface area contributed by atoms with Gasteiger partial charge in [0.2, 0.25) is 0 Å². The number of hydrogen-bond donors (Lipinski definition) is 0. The minimum absolute atomic E-state index is 0.333. The fraction of sp³-hybridized carbons (Fsp3) is 0.706. The van der Waals surface area contributed by atoms with Crippen LogP contribution in [0.2, 0.25) is 0 Å². The Morgan fingerprint density at radius 2 is 2.14 bits per heavy atom. The molecule has 0 radical (unpaired) electrons. The van der Waals surface area contributed by atoms with E-state index in [1.54, 1.807) is 0 Å². The summed E-state index contributed by atoms with van der Waals surface area (Å²) in [7, 11) is 0. The first-order valence-corrected chi connectivity index (χ1v) is 8.22. The highest BCUT2D eigenvalue weighted by atomic mass is 16.5. The predicted molar refractivity (Wildman–Crippen MR) is 83.8 cm³/mol. The van der Waals surface area contributed by atoms with Crippen LogP contribution in [-0.4, -0.2) is 43.5 Å². The lowest BCUT2D eigenvalue weighted by molar-refractivity contribution is -0.0672. The topological polar surface area (TPSA) is 34.6 Å². The maximum atomic E-state index is 6.07. The Kier molecular flexibility index (Phi) is 5.09. The zero-order chi connectivity index (χ0) is 14.5. The Bertz CT molecular complexity index is 438. The van der Waals surface area contributed by atoms with Crippen LogP contribution in [0.15, 0.2) is 18.3 Å². The number of rotatable bonds is 4. The molecule has 3 rings (SSSR count). The molecular formula is C17H26N2O2. The van der Waals surface area contributed by atoms with Gasteiger partial charge in [0, 0.05) is 37.3 Å². The molecule has 4 heteroatoms.